The fourth-order valence-electron chi connectivity index (χ4n) is 0.627. The van der Waals surface area contributed by atoms with Gasteiger partial charge in [-0.05, 0) is 6.92 Å². The van der Waals surface area contributed by atoms with Crippen LogP contribution in [0.1, 0.15) is 13.3 Å². The Morgan fingerprint density at radius 2 is 2.33 bits per heavy atom. The Hall–Kier alpha value is 0.330. The van der Waals surface area contributed by atoms with Gasteiger partial charge in [-0.1, -0.05) is 21.6 Å². The first kappa shape index (κ1) is 7.44. The second-order valence-electron chi connectivity index (χ2n) is 1.98. The Morgan fingerprint density at radius 3 is 2.56 bits per heavy atom. The second kappa shape index (κ2) is 2.94. The fourth-order valence-corrected chi connectivity index (χ4v) is 3.34. The Bertz CT molecular complexity index is 126. The van der Waals surface area contributed by atoms with Crippen LogP contribution in [0.4, 0.5) is 0 Å². The molecule has 1 aliphatic heterocycles. The van der Waals surface area contributed by atoms with Crippen molar-refractivity contribution in [2.24, 2.45) is 0 Å². The summed E-state index contributed by atoms with van der Waals surface area (Å²) in [5, 5.41) is 8.97. The van der Waals surface area contributed by atoms with Crippen LogP contribution in [-0.2, 0) is 4.79 Å². The maximum Gasteiger partial charge on any atom is 0.143 e. The molecule has 4 heteroatoms. The number of carbonyl (C=O) groups excluding carboxylic acids is 1. The molecule has 2 nitrogen and oxygen atoms in total. The van der Waals surface area contributed by atoms with Crippen LogP contribution in [0.2, 0.25) is 0 Å². The molecule has 0 aromatic carbocycles. The van der Waals surface area contributed by atoms with Gasteiger partial charge in [0.1, 0.15) is 11.2 Å². The van der Waals surface area contributed by atoms with Crippen molar-refractivity contribution in [3.05, 3.63) is 0 Å². The lowest BCUT2D eigenvalue weighted by Gasteiger charge is -1.98. The average molecular weight is 164 g/mol. The smallest absolute Gasteiger partial charge is 0.143 e. The second-order valence-corrected chi connectivity index (χ2v) is 4.63. The van der Waals surface area contributed by atoms with Gasteiger partial charge in [-0.15, -0.1) is 0 Å². The van der Waals surface area contributed by atoms with Gasteiger partial charge < -0.3 is 5.11 Å². The van der Waals surface area contributed by atoms with Gasteiger partial charge in [0.2, 0.25) is 0 Å². The zero-order valence-corrected chi connectivity index (χ0v) is 6.67. The number of hydrogen-bond acceptors (Lipinski definition) is 4. The third-order valence-corrected chi connectivity index (χ3v) is 4.13. The van der Waals surface area contributed by atoms with Crippen LogP contribution in [0.25, 0.3) is 0 Å². The van der Waals surface area contributed by atoms with Crippen LogP contribution in [0.5, 0.6) is 0 Å². The summed E-state index contributed by atoms with van der Waals surface area (Å²) >= 11 is 0. The zero-order valence-electron chi connectivity index (χ0n) is 5.03. The lowest BCUT2D eigenvalue weighted by molar-refractivity contribution is -0.116. The number of aliphatic hydroxyl groups is 1. The highest BCUT2D eigenvalue weighted by Crippen LogP contribution is 2.42. The third kappa shape index (κ3) is 1.88. The van der Waals surface area contributed by atoms with Crippen LogP contribution in [-0.4, -0.2) is 21.6 Å². The molecular weight excluding hydrogens is 156 g/mol. The molecule has 0 spiro atoms. The highest BCUT2D eigenvalue weighted by atomic mass is 33.1. The van der Waals surface area contributed by atoms with Gasteiger partial charge in [0.05, 0.1) is 5.25 Å². The average Bonchev–Trinajstić information content (AvgIpc) is 2.14. The van der Waals surface area contributed by atoms with Crippen molar-refractivity contribution >= 4 is 27.4 Å². The highest BCUT2D eigenvalue weighted by Gasteiger charge is 2.27. The molecule has 2 unspecified atom stereocenters. The van der Waals surface area contributed by atoms with Gasteiger partial charge in [0.25, 0.3) is 0 Å². The van der Waals surface area contributed by atoms with Crippen molar-refractivity contribution in [2.75, 3.05) is 0 Å². The molecule has 1 heterocycles. The Morgan fingerprint density at radius 1 is 1.67 bits per heavy atom. The lowest BCUT2D eigenvalue weighted by Crippen LogP contribution is -2.11. The van der Waals surface area contributed by atoms with Crippen molar-refractivity contribution in [1.82, 2.24) is 0 Å². The number of carbonyl (C=O) groups is 1. The number of aliphatic hydroxyl groups excluding tert-OH is 1. The van der Waals surface area contributed by atoms with E-state index in [2.05, 4.69) is 0 Å². The monoisotopic (exact) mass is 164 g/mol. The van der Waals surface area contributed by atoms with E-state index in [1.807, 2.05) is 0 Å². The quantitative estimate of drug-likeness (QED) is 0.588. The van der Waals surface area contributed by atoms with E-state index in [0.29, 0.717) is 6.42 Å². The summed E-state index contributed by atoms with van der Waals surface area (Å²) in [4.78, 5) is 10.6. The molecule has 1 rings (SSSR count). The van der Waals surface area contributed by atoms with Gasteiger partial charge in [-0.3, -0.25) is 4.79 Å². The van der Waals surface area contributed by atoms with E-state index in [1.165, 1.54) is 21.6 Å². The number of Topliss-reactive ketones (excluding diaryl/α,β-unsaturated/α-hetero) is 1. The van der Waals surface area contributed by atoms with Crippen LogP contribution in [0.3, 0.4) is 0 Å². The lowest BCUT2D eigenvalue weighted by atomic mass is 10.2. The molecule has 0 radical (unpaired) electrons. The molecule has 52 valence electrons. The molecule has 0 aliphatic carbocycles. The number of hydrogen-bond donors (Lipinski definition) is 1. The van der Waals surface area contributed by atoms with E-state index in [1.54, 1.807) is 6.92 Å². The molecule has 0 saturated carbocycles. The highest BCUT2D eigenvalue weighted by molar-refractivity contribution is 8.77. The van der Waals surface area contributed by atoms with Gasteiger partial charge in [0, 0.05) is 6.42 Å². The first-order valence-corrected chi connectivity index (χ1v) is 4.98. The SMILES string of the molecule is CC(=O)C1CC(O)SS1. The van der Waals surface area contributed by atoms with E-state index < -0.39 is 0 Å². The van der Waals surface area contributed by atoms with E-state index in [9.17, 15) is 4.79 Å². The van der Waals surface area contributed by atoms with Crippen LogP contribution >= 0.6 is 21.6 Å². The van der Waals surface area contributed by atoms with Gasteiger partial charge in [-0.25, -0.2) is 0 Å². The van der Waals surface area contributed by atoms with Gasteiger partial charge >= 0.3 is 0 Å². The van der Waals surface area contributed by atoms with Crippen molar-refractivity contribution in [3.8, 4) is 0 Å². The minimum Gasteiger partial charge on any atom is -0.382 e. The molecule has 1 N–H and O–H groups in total. The molecular formula is C5H8O2S2. The van der Waals surface area contributed by atoms with E-state index in [0.717, 1.165) is 0 Å². The summed E-state index contributed by atoms with van der Waals surface area (Å²) in [6.45, 7) is 1.57. The predicted octanol–water partition coefficient (Wildman–Crippen LogP) is 1.05. The minimum atomic E-state index is -0.330. The summed E-state index contributed by atoms with van der Waals surface area (Å²) in [7, 11) is 2.86. The van der Waals surface area contributed by atoms with E-state index in [-0.39, 0.29) is 16.5 Å². The molecule has 0 amide bonds. The molecule has 1 aliphatic rings. The minimum absolute atomic E-state index is 0.0324. The summed E-state index contributed by atoms with van der Waals surface area (Å²) < 4.78 is 0. The largest absolute Gasteiger partial charge is 0.382 e. The summed E-state index contributed by atoms with van der Waals surface area (Å²) in [6.07, 6.45) is 0.616. The predicted molar refractivity (Wildman–Crippen MR) is 40.3 cm³/mol. The van der Waals surface area contributed by atoms with Crippen LogP contribution in [0.15, 0.2) is 0 Å². The standard InChI is InChI=1S/C5H8O2S2/c1-3(6)4-2-5(7)9-8-4/h4-5,7H,2H2,1H3. The topological polar surface area (TPSA) is 37.3 Å². The van der Waals surface area contributed by atoms with Crippen molar-refractivity contribution in [1.29, 1.82) is 0 Å². The van der Waals surface area contributed by atoms with Crippen LogP contribution < -0.4 is 0 Å². The molecule has 0 aromatic heterocycles. The van der Waals surface area contributed by atoms with Crippen molar-refractivity contribution in [3.63, 3.8) is 0 Å². The maximum absolute atomic E-state index is 10.6. The first-order valence-electron chi connectivity index (χ1n) is 2.71. The normalized spacial score (nSPS) is 34.9. The number of rotatable bonds is 1. The van der Waals surface area contributed by atoms with Crippen LogP contribution in [0, 0.1) is 0 Å². The third-order valence-electron chi connectivity index (χ3n) is 1.15. The number of ketones is 1. The van der Waals surface area contributed by atoms with Gasteiger partial charge in [-0.2, -0.15) is 0 Å². The zero-order chi connectivity index (χ0) is 6.85. The van der Waals surface area contributed by atoms with E-state index >= 15 is 0 Å². The van der Waals surface area contributed by atoms with E-state index in [4.69, 9.17) is 5.11 Å². The Balaban J connectivity index is 2.39. The summed E-state index contributed by atoms with van der Waals surface area (Å²) in [5.41, 5.74) is -0.330. The molecule has 0 bridgehead atoms. The maximum atomic E-state index is 10.6. The van der Waals surface area contributed by atoms with Crippen molar-refractivity contribution in [2.45, 2.75) is 24.0 Å². The molecule has 2 atom stereocenters. The Labute approximate surface area is 61.8 Å². The molecule has 1 saturated heterocycles. The fraction of sp³-hybridized carbons (Fsp3) is 0.800. The summed E-state index contributed by atoms with van der Waals surface area (Å²) in [5.74, 6) is 0.170. The van der Waals surface area contributed by atoms with Crippen molar-refractivity contribution < 1.29 is 9.90 Å². The first-order chi connectivity index (χ1) is 4.20. The molecule has 9 heavy (non-hydrogen) atoms. The molecule has 0 aromatic rings. The molecule has 1 fully saturated rings. The van der Waals surface area contributed by atoms with Gasteiger partial charge in [0.15, 0.2) is 0 Å². The Kier molecular flexibility index (Phi) is 2.43. The summed E-state index contributed by atoms with van der Waals surface area (Å²) in [6, 6.07) is 0.